The fourth-order valence-electron chi connectivity index (χ4n) is 7.42. The smallest absolute Gasteiger partial charge is 0.246 e. The third-order valence-electron chi connectivity index (χ3n) is 10.4. The lowest BCUT2D eigenvalue weighted by molar-refractivity contribution is -0.144. The second kappa shape index (κ2) is 15.9. The highest BCUT2D eigenvalue weighted by Crippen LogP contribution is 2.34. The average molecular weight is 679 g/mol. The molecule has 1 saturated carbocycles. The molecule has 3 N–H and O–H groups in total. The van der Waals surface area contributed by atoms with Crippen molar-refractivity contribution in [1.29, 1.82) is 0 Å². The Morgan fingerprint density at radius 2 is 1.58 bits per heavy atom. The highest BCUT2D eigenvalue weighted by Gasteiger charge is 2.42. The number of hydrogen-bond acceptors (Lipinski definition) is 7. The molecule has 10 nitrogen and oxygen atoms in total. The van der Waals surface area contributed by atoms with E-state index < -0.39 is 17.5 Å². The van der Waals surface area contributed by atoms with Gasteiger partial charge in [-0.15, -0.1) is 11.3 Å². The summed E-state index contributed by atoms with van der Waals surface area (Å²) >= 11 is 1.61. The van der Waals surface area contributed by atoms with Crippen LogP contribution in [0.15, 0.2) is 29.8 Å². The van der Waals surface area contributed by atoms with Crippen molar-refractivity contribution in [3.05, 3.63) is 41.0 Å². The molecule has 1 unspecified atom stereocenters. The molecule has 262 valence electrons. The molecule has 1 aromatic carbocycles. The second-order valence-electron chi connectivity index (χ2n) is 15.1. The van der Waals surface area contributed by atoms with Crippen LogP contribution in [0.4, 0.5) is 0 Å². The monoisotopic (exact) mass is 678 g/mol. The van der Waals surface area contributed by atoms with Crippen LogP contribution in [0.25, 0.3) is 10.4 Å². The van der Waals surface area contributed by atoms with Crippen molar-refractivity contribution in [2.45, 2.75) is 104 Å². The first kappa shape index (κ1) is 36.0. The molecule has 1 aliphatic carbocycles. The van der Waals surface area contributed by atoms with Crippen molar-refractivity contribution >= 4 is 35.0 Å². The maximum Gasteiger partial charge on any atom is 0.246 e. The van der Waals surface area contributed by atoms with Gasteiger partial charge in [-0.2, -0.15) is 0 Å². The molecule has 1 aromatic heterocycles. The molecule has 3 heterocycles. The normalized spacial score (nSPS) is 23.0. The van der Waals surface area contributed by atoms with Crippen LogP contribution in [0.1, 0.15) is 96.4 Å². The van der Waals surface area contributed by atoms with Crippen molar-refractivity contribution in [3.8, 4) is 10.4 Å². The molecular formula is C37H54N6O4S. The van der Waals surface area contributed by atoms with Crippen LogP contribution in [-0.2, 0) is 19.2 Å². The second-order valence-corrected chi connectivity index (χ2v) is 16.0. The molecule has 0 spiro atoms. The van der Waals surface area contributed by atoms with Gasteiger partial charge in [-0.1, -0.05) is 45.0 Å². The molecule has 11 heteroatoms. The number of thiazole rings is 1. The van der Waals surface area contributed by atoms with Crippen LogP contribution in [0, 0.1) is 24.2 Å². The van der Waals surface area contributed by atoms with Gasteiger partial charge in [-0.3, -0.25) is 19.2 Å². The lowest BCUT2D eigenvalue weighted by Gasteiger charge is -2.36. The summed E-state index contributed by atoms with van der Waals surface area (Å²) in [6, 6.07) is 6.65. The summed E-state index contributed by atoms with van der Waals surface area (Å²) < 4.78 is 0. The number of aromatic nitrogens is 1. The molecule has 2 aromatic rings. The first-order valence-electron chi connectivity index (χ1n) is 17.8. The lowest BCUT2D eigenvalue weighted by atomic mass is 9.78. The highest BCUT2D eigenvalue weighted by atomic mass is 32.1. The van der Waals surface area contributed by atoms with Crippen LogP contribution in [-0.4, -0.2) is 83.2 Å². The number of carbonyl (C=O) groups is 4. The zero-order valence-corrected chi connectivity index (χ0v) is 30.2. The number of benzene rings is 1. The van der Waals surface area contributed by atoms with Gasteiger partial charge >= 0.3 is 0 Å². The van der Waals surface area contributed by atoms with Crippen LogP contribution in [0.2, 0.25) is 0 Å². The molecule has 0 radical (unpaired) electrons. The van der Waals surface area contributed by atoms with Crippen molar-refractivity contribution in [2.75, 3.05) is 32.7 Å². The Kier molecular flexibility index (Phi) is 11.9. The van der Waals surface area contributed by atoms with E-state index in [1.807, 2.05) is 57.2 Å². The van der Waals surface area contributed by atoms with E-state index >= 15 is 0 Å². The summed E-state index contributed by atoms with van der Waals surface area (Å²) in [6.45, 7) is 13.6. The number of amides is 4. The summed E-state index contributed by atoms with van der Waals surface area (Å²) in [5.41, 5.74) is 4.42. The Bertz CT molecular complexity index is 1420. The van der Waals surface area contributed by atoms with Crippen molar-refractivity contribution < 1.29 is 19.2 Å². The maximum atomic E-state index is 14.0. The van der Waals surface area contributed by atoms with Gasteiger partial charge in [0.2, 0.25) is 23.6 Å². The van der Waals surface area contributed by atoms with Crippen molar-refractivity contribution in [2.24, 2.45) is 17.3 Å². The van der Waals surface area contributed by atoms with Crippen LogP contribution in [0.3, 0.4) is 0 Å². The van der Waals surface area contributed by atoms with E-state index in [0.29, 0.717) is 31.7 Å². The van der Waals surface area contributed by atoms with E-state index in [9.17, 15) is 19.2 Å². The molecule has 5 rings (SSSR count). The van der Waals surface area contributed by atoms with Gasteiger partial charge in [0.25, 0.3) is 0 Å². The number of nitrogens with zero attached hydrogens (tertiary/aromatic N) is 3. The van der Waals surface area contributed by atoms with Crippen LogP contribution < -0.4 is 16.0 Å². The molecule has 3 aliphatic rings. The van der Waals surface area contributed by atoms with Crippen LogP contribution >= 0.6 is 11.3 Å². The van der Waals surface area contributed by atoms with Gasteiger partial charge in [0.15, 0.2) is 0 Å². The van der Waals surface area contributed by atoms with Gasteiger partial charge in [-0.05, 0) is 80.8 Å². The Hall–Kier alpha value is -3.31. The fourth-order valence-corrected chi connectivity index (χ4v) is 8.24. The molecular weight excluding hydrogens is 625 g/mol. The molecule has 0 bridgehead atoms. The highest BCUT2D eigenvalue weighted by molar-refractivity contribution is 7.13. The largest absolute Gasteiger partial charge is 0.348 e. The maximum absolute atomic E-state index is 14.0. The topological polar surface area (TPSA) is 124 Å². The zero-order chi connectivity index (χ0) is 34.4. The molecule has 2 aliphatic heterocycles. The SMILES string of the molecule is Cc1ncsc1-c1ccc([C@H](C)NC(=O)C2CCCN2C(=O)[C@@H](NC(=O)CC2CCC(CC(=O)N3CCNCC3)CC2)C(C)(C)C)cc1. The first-order chi connectivity index (χ1) is 22.9. The van der Waals surface area contributed by atoms with E-state index in [4.69, 9.17) is 0 Å². The Balaban J connectivity index is 1.12. The standard InChI is InChI=1S/C37H54N6O4S/c1-24(28-12-14-29(15-13-28)33-25(2)39-23-48-33)40-35(46)30-7-6-18-43(30)36(47)34(37(3,4)5)41-31(44)21-26-8-10-27(11-9-26)22-32(45)42-19-16-38-17-20-42/h12-15,23-24,26-27,30,34,38H,6-11,16-22H2,1-5H3,(H,40,46)(H,41,44)/t24-,26?,27?,30?,34+/m0/s1. The van der Waals surface area contributed by atoms with Gasteiger partial charge in [-0.25, -0.2) is 4.98 Å². The summed E-state index contributed by atoms with van der Waals surface area (Å²) in [4.78, 5) is 62.8. The average Bonchev–Trinajstić information content (AvgIpc) is 3.74. The number of likely N-dealkylation sites (tertiary alicyclic amines) is 1. The van der Waals surface area contributed by atoms with Crippen LogP contribution in [0.5, 0.6) is 0 Å². The third kappa shape index (κ3) is 9.02. The number of nitrogens with one attached hydrogen (secondary N) is 3. The Morgan fingerprint density at radius 3 is 2.19 bits per heavy atom. The minimum Gasteiger partial charge on any atom is -0.348 e. The number of carbonyl (C=O) groups excluding carboxylic acids is 4. The van der Waals surface area contributed by atoms with E-state index in [1.165, 1.54) is 0 Å². The molecule has 48 heavy (non-hydrogen) atoms. The van der Waals surface area contributed by atoms with Gasteiger partial charge < -0.3 is 25.8 Å². The molecule has 3 fully saturated rings. The van der Waals surface area contributed by atoms with Crippen molar-refractivity contribution in [1.82, 2.24) is 30.7 Å². The Labute approximate surface area is 289 Å². The zero-order valence-electron chi connectivity index (χ0n) is 29.3. The van der Waals surface area contributed by atoms with Crippen molar-refractivity contribution in [3.63, 3.8) is 0 Å². The summed E-state index contributed by atoms with van der Waals surface area (Å²) in [5.74, 6) is 0.406. The molecule has 4 amide bonds. The van der Waals surface area contributed by atoms with Gasteiger partial charge in [0.1, 0.15) is 12.1 Å². The number of aryl methyl sites for hydroxylation is 1. The van der Waals surface area contributed by atoms with E-state index in [2.05, 4.69) is 33.1 Å². The quantitative estimate of drug-likeness (QED) is 0.331. The third-order valence-corrected chi connectivity index (χ3v) is 11.4. The lowest BCUT2D eigenvalue weighted by Crippen LogP contribution is -2.57. The van der Waals surface area contributed by atoms with Gasteiger partial charge in [0, 0.05) is 45.6 Å². The minimum absolute atomic E-state index is 0.116. The first-order valence-corrected chi connectivity index (χ1v) is 18.7. The van der Waals surface area contributed by atoms with E-state index in [-0.39, 0.29) is 35.6 Å². The Morgan fingerprint density at radius 1 is 0.938 bits per heavy atom. The fraction of sp³-hybridized carbons (Fsp3) is 0.649. The number of hydrogen-bond donors (Lipinski definition) is 3. The summed E-state index contributed by atoms with van der Waals surface area (Å²) in [7, 11) is 0. The van der Waals surface area contributed by atoms with E-state index in [0.717, 1.165) is 80.0 Å². The molecule has 2 saturated heterocycles. The summed E-state index contributed by atoms with van der Waals surface area (Å²) in [5, 5.41) is 9.51. The molecule has 3 atom stereocenters. The minimum atomic E-state index is -0.730. The predicted octanol–water partition coefficient (Wildman–Crippen LogP) is 4.84. The summed E-state index contributed by atoms with van der Waals surface area (Å²) in [6.07, 6.45) is 6.06. The predicted molar refractivity (Wildman–Crippen MR) is 189 cm³/mol. The number of rotatable bonds is 10. The van der Waals surface area contributed by atoms with Gasteiger partial charge in [0.05, 0.1) is 22.1 Å². The number of piperazine rings is 1. The van der Waals surface area contributed by atoms with E-state index in [1.54, 1.807) is 16.2 Å².